The van der Waals surface area contributed by atoms with Gasteiger partial charge in [-0.25, -0.2) is 0 Å². The van der Waals surface area contributed by atoms with Crippen LogP contribution in [0.4, 0.5) is 0 Å². The van der Waals surface area contributed by atoms with Gasteiger partial charge in [0.05, 0.1) is 12.1 Å². The maximum Gasteiger partial charge on any atom is 0.0590 e. The monoisotopic (exact) mass is 297 g/mol. The number of nitrogens with two attached hydrogens (primary N) is 1. The van der Waals surface area contributed by atoms with E-state index >= 15 is 0 Å². The highest BCUT2D eigenvalue weighted by atomic mass is 16.5. The van der Waals surface area contributed by atoms with Gasteiger partial charge in [-0.15, -0.1) is 0 Å². The smallest absolute Gasteiger partial charge is 0.0590 e. The molecule has 2 unspecified atom stereocenters. The highest BCUT2D eigenvalue weighted by Crippen LogP contribution is 2.40. The number of fused-ring (bicyclic) bond motifs is 1. The van der Waals surface area contributed by atoms with Gasteiger partial charge in [0.15, 0.2) is 0 Å². The number of methoxy groups -OCH3 is 1. The third-order valence-electron chi connectivity index (χ3n) is 5.91. The Balaban J connectivity index is 2.24. The lowest BCUT2D eigenvalue weighted by Crippen LogP contribution is -2.64. The molecule has 0 aromatic carbocycles. The highest BCUT2D eigenvalue weighted by Gasteiger charge is 2.51. The highest BCUT2D eigenvalue weighted by molar-refractivity contribution is 5.09. The predicted molar refractivity (Wildman–Crippen MR) is 88.6 cm³/mol. The quantitative estimate of drug-likeness (QED) is 0.745. The van der Waals surface area contributed by atoms with E-state index in [1.54, 1.807) is 0 Å². The van der Waals surface area contributed by atoms with E-state index in [4.69, 9.17) is 10.5 Å². The van der Waals surface area contributed by atoms with Crippen LogP contribution in [0, 0.1) is 0 Å². The Morgan fingerprint density at radius 2 is 2.05 bits per heavy atom. The van der Waals surface area contributed by atoms with Gasteiger partial charge in [0.25, 0.3) is 0 Å². The fraction of sp³-hybridized carbons (Fsp3) is 1.00. The maximum atomic E-state index is 6.39. The summed E-state index contributed by atoms with van der Waals surface area (Å²) in [5.74, 6) is 0. The van der Waals surface area contributed by atoms with Crippen molar-refractivity contribution in [2.45, 2.75) is 70.0 Å². The predicted octanol–water partition coefficient (Wildman–Crippen LogP) is 2.08. The van der Waals surface area contributed by atoms with Crippen molar-refractivity contribution in [3.63, 3.8) is 0 Å². The lowest BCUT2D eigenvalue weighted by molar-refractivity contribution is -0.0114. The van der Waals surface area contributed by atoms with Gasteiger partial charge in [0.1, 0.15) is 0 Å². The summed E-state index contributed by atoms with van der Waals surface area (Å²) in [6.45, 7) is 9.74. The Kier molecular flexibility index (Phi) is 6.48. The Hall–Kier alpha value is -0.160. The molecule has 0 spiro atoms. The van der Waals surface area contributed by atoms with E-state index in [0.717, 1.165) is 19.7 Å². The van der Waals surface area contributed by atoms with E-state index in [-0.39, 0.29) is 5.54 Å². The van der Waals surface area contributed by atoms with Crippen LogP contribution < -0.4 is 5.73 Å². The normalized spacial score (nSPS) is 30.3. The number of hydrogen-bond acceptors (Lipinski definition) is 4. The largest absolute Gasteiger partial charge is 0.383 e. The van der Waals surface area contributed by atoms with Crippen LogP contribution >= 0.6 is 0 Å². The Labute approximate surface area is 131 Å². The SMILES string of the molecule is CCC(CC)N(CCOC)C1(CN)CCN2CCCCC21. The van der Waals surface area contributed by atoms with Gasteiger partial charge in [-0.2, -0.15) is 0 Å². The van der Waals surface area contributed by atoms with Gasteiger partial charge in [0, 0.05) is 38.8 Å². The molecule has 0 aliphatic carbocycles. The lowest BCUT2D eigenvalue weighted by Gasteiger charge is -2.50. The Bertz CT molecular complexity index is 308. The zero-order valence-electron chi connectivity index (χ0n) is 14.3. The molecule has 2 rings (SSSR count). The van der Waals surface area contributed by atoms with Crippen LogP contribution in [0.5, 0.6) is 0 Å². The summed E-state index contributed by atoms with van der Waals surface area (Å²) >= 11 is 0. The zero-order valence-corrected chi connectivity index (χ0v) is 14.3. The minimum atomic E-state index is 0.176. The number of nitrogens with zero attached hydrogens (tertiary/aromatic N) is 2. The van der Waals surface area contributed by atoms with E-state index in [1.807, 2.05) is 7.11 Å². The molecule has 0 aromatic rings. The van der Waals surface area contributed by atoms with Gasteiger partial charge < -0.3 is 10.5 Å². The summed E-state index contributed by atoms with van der Waals surface area (Å²) in [5.41, 5.74) is 6.56. The first-order valence-electron chi connectivity index (χ1n) is 8.93. The average Bonchev–Trinajstić information content (AvgIpc) is 2.91. The summed E-state index contributed by atoms with van der Waals surface area (Å²) in [7, 11) is 1.81. The van der Waals surface area contributed by atoms with Crippen LogP contribution in [0.3, 0.4) is 0 Å². The first-order chi connectivity index (χ1) is 10.2. The number of rotatable bonds is 8. The van der Waals surface area contributed by atoms with E-state index in [2.05, 4.69) is 23.6 Å². The molecule has 2 aliphatic rings. The summed E-state index contributed by atoms with van der Waals surface area (Å²) in [5, 5.41) is 0. The summed E-state index contributed by atoms with van der Waals surface area (Å²) in [4.78, 5) is 5.44. The van der Waals surface area contributed by atoms with Crippen LogP contribution in [0.25, 0.3) is 0 Å². The number of hydrogen-bond donors (Lipinski definition) is 1. The molecule has 124 valence electrons. The van der Waals surface area contributed by atoms with Crippen molar-refractivity contribution in [1.29, 1.82) is 0 Å². The molecule has 0 saturated carbocycles. The number of ether oxygens (including phenoxy) is 1. The van der Waals surface area contributed by atoms with Crippen molar-refractivity contribution in [2.75, 3.05) is 39.9 Å². The van der Waals surface area contributed by atoms with Crippen molar-refractivity contribution in [3.05, 3.63) is 0 Å². The topological polar surface area (TPSA) is 41.7 Å². The second-order valence-corrected chi connectivity index (χ2v) is 6.76. The van der Waals surface area contributed by atoms with Gasteiger partial charge in [-0.05, 0) is 38.6 Å². The molecular weight excluding hydrogens is 262 g/mol. The van der Waals surface area contributed by atoms with Crippen LogP contribution in [-0.4, -0.2) is 67.3 Å². The summed E-state index contributed by atoms with van der Waals surface area (Å²) in [6.07, 6.45) is 7.68. The molecule has 2 saturated heterocycles. The fourth-order valence-corrected chi connectivity index (χ4v) is 4.75. The second kappa shape index (κ2) is 7.91. The lowest BCUT2D eigenvalue weighted by atomic mass is 9.82. The first-order valence-corrected chi connectivity index (χ1v) is 8.93. The molecule has 2 N–H and O–H groups in total. The van der Waals surface area contributed by atoms with E-state index < -0.39 is 0 Å². The van der Waals surface area contributed by atoms with Gasteiger partial charge in [0.2, 0.25) is 0 Å². The third kappa shape index (κ3) is 3.29. The molecular formula is C17H35N3O. The molecule has 0 amide bonds. The average molecular weight is 297 g/mol. The number of piperidine rings is 1. The van der Waals surface area contributed by atoms with Crippen molar-refractivity contribution >= 4 is 0 Å². The molecule has 2 heterocycles. The van der Waals surface area contributed by atoms with E-state index in [9.17, 15) is 0 Å². The van der Waals surface area contributed by atoms with E-state index in [0.29, 0.717) is 12.1 Å². The minimum absolute atomic E-state index is 0.176. The Morgan fingerprint density at radius 1 is 1.29 bits per heavy atom. The van der Waals surface area contributed by atoms with Gasteiger partial charge >= 0.3 is 0 Å². The fourth-order valence-electron chi connectivity index (χ4n) is 4.75. The maximum absolute atomic E-state index is 6.39. The van der Waals surface area contributed by atoms with Crippen LogP contribution in [0.15, 0.2) is 0 Å². The van der Waals surface area contributed by atoms with Crippen molar-refractivity contribution in [1.82, 2.24) is 9.80 Å². The molecule has 0 radical (unpaired) electrons. The molecule has 4 heteroatoms. The molecule has 0 bridgehead atoms. The van der Waals surface area contributed by atoms with Crippen LogP contribution in [0.2, 0.25) is 0 Å². The van der Waals surface area contributed by atoms with Crippen molar-refractivity contribution < 1.29 is 4.74 Å². The summed E-state index contributed by atoms with van der Waals surface area (Å²) in [6, 6.07) is 1.29. The minimum Gasteiger partial charge on any atom is -0.383 e. The van der Waals surface area contributed by atoms with Crippen LogP contribution in [-0.2, 0) is 4.74 Å². The van der Waals surface area contributed by atoms with Crippen molar-refractivity contribution in [3.8, 4) is 0 Å². The molecule has 21 heavy (non-hydrogen) atoms. The standard InChI is InChI=1S/C17H35N3O/c1-4-15(5-2)20(12-13-21-3)17(14-18)9-11-19-10-7-6-8-16(17)19/h15-16H,4-14,18H2,1-3H3. The molecule has 4 nitrogen and oxygen atoms in total. The van der Waals surface area contributed by atoms with Crippen LogP contribution in [0.1, 0.15) is 52.4 Å². The Morgan fingerprint density at radius 3 is 2.67 bits per heavy atom. The third-order valence-corrected chi connectivity index (χ3v) is 5.91. The molecule has 2 atom stereocenters. The first kappa shape index (κ1) is 17.2. The summed E-state index contributed by atoms with van der Waals surface area (Å²) < 4.78 is 5.40. The zero-order chi connectivity index (χ0) is 15.3. The van der Waals surface area contributed by atoms with Gasteiger partial charge in [-0.1, -0.05) is 20.3 Å². The molecule has 2 aliphatic heterocycles. The molecule has 2 fully saturated rings. The second-order valence-electron chi connectivity index (χ2n) is 6.76. The van der Waals surface area contributed by atoms with E-state index in [1.165, 1.54) is 51.6 Å². The van der Waals surface area contributed by atoms with Crippen molar-refractivity contribution in [2.24, 2.45) is 5.73 Å². The van der Waals surface area contributed by atoms with Gasteiger partial charge in [-0.3, -0.25) is 9.80 Å². The molecule has 0 aromatic heterocycles.